The third kappa shape index (κ3) is 31.9. The van der Waals surface area contributed by atoms with Gasteiger partial charge in [-0.05, 0) is 0 Å². The molecule has 2 nitrogen and oxygen atoms in total. The van der Waals surface area contributed by atoms with Crippen LogP contribution in [0, 0.1) is 13.8 Å². The molecule has 29 heavy (non-hydrogen) atoms. The standard InChI is InChI=1S/2C7H7.2C6H14N.Zr/c2*1-7-5-3-2-4-6-7;2*1-3-5-7-6-4-2;/h2*2-6H,1H2;2*3-6H2,1-2H3;/q4*-1;+4. The summed E-state index contributed by atoms with van der Waals surface area (Å²) < 4.78 is 0. The van der Waals surface area contributed by atoms with E-state index >= 15 is 0 Å². The summed E-state index contributed by atoms with van der Waals surface area (Å²) in [5, 5.41) is 8.42. The van der Waals surface area contributed by atoms with Crippen molar-refractivity contribution >= 4 is 0 Å². The van der Waals surface area contributed by atoms with E-state index in [1.54, 1.807) is 0 Å². The van der Waals surface area contributed by atoms with Crippen molar-refractivity contribution in [3.63, 3.8) is 0 Å². The van der Waals surface area contributed by atoms with Gasteiger partial charge < -0.3 is 10.6 Å². The quantitative estimate of drug-likeness (QED) is 0.274. The molecule has 0 unspecified atom stereocenters. The summed E-state index contributed by atoms with van der Waals surface area (Å²) >= 11 is 0. The van der Waals surface area contributed by atoms with E-state index < -0.39 is 0 Å². The van der Waals surface area contributed by atoms with Gasteiger partial charge in [0.05, 0.1) is 0 Å². The minimum atomic E-state index is 0. The second-order valence-electron chi connectivity index (χ2n) is 6.31. The molecule has 0 aliphatic rings. The van der Waals surface area contributed by atoms with Gasteiger partial charge in [-0.25, -0.2) is 0 Å². The molecule has 0 N–H and O–H groups in total. The molecule has 2 aromatic rings. The maximum absolute atomic E-state index is 4.21. The largest absolute Gasteiger partial charge is 4.00 e. The Morgan fingerprint density at radius 2 is 0.759 bits per heavy atom. The SMILES string of the molecule is CCC[N-]CCC.CCC[N-]CCC.[CH2-]c1ccccc1.[CH2-]c1ccccc1.[Zr+4]. The Kier molecular flexibility index (Phi) is 32.9. The predicted octanol–water partition coefficient (Wildman–Crippen LogP) is 8.10. The minimum Gasteiger partial charge on any atom is -0.662 e. The van der Waals surface area contributed by atoms with Crippen LogP contribution in [0.15, 0.2) is 60.7 Å². The zero-order chi connectivity index (χ0) is 21.3. The van der Waals surface area contributed by atoms with E-state index in [-0.39, 0.29) is 26.2 Å². The van der Waals surface area contributed by atoms with Crippen LogP contribution in [0.2, 0.25) is 0 Å². The Balaban J connectivity index is -0.000000307. The van der Waals surface area contributed by atoms with Gasteiger partial charge in [-0.15, -0.1) is 50.4 Å². The number of rotatable bonds is 8. The molecule has 0 aliphatic heterocycles. The third-order valence-corrected chi connectivity index (χ3v) is 3.21. The average molecular weight is 474 g/mol. The Morgan fingerprint density at radius 1 is 0.517 bits per heavy atom. The smallest absolute Gasteiger partial charge is 0.662 e. The van der Waals surface area contributed by atoms with Gasteiger partial charge >= 0.3 is 26.2 Å². The van der Waals surface area contributed by atoms with Gasteiger partial charge in [0, 0.05) is 0 Å². The van der Waals surface area contributed by atoms with Crippen LogP contribution in [-0.2, 0) is 26.2 Å². The van der Waals surface area contributed by atoms with Crippen molar-refractivity contribution in [1.82, 2.24) is 0 Å². The van der Waals surface area contributed by atoms with Gasteiger partial charge in [-0.2, -0.15) is 49.2 Å². The molecule has 3 heteroatoms. The molecule has 0 heterocycles. The van der Waals surface area contributed by atoms with Gasteiger partial charge in [0.1, 0.15) is 0 Å². The van der Waals surface area contributed by atoms with Crippen molar-refractivity contribution < 1.29 is 26.2 Å². The molecule has 0 saturated heterocycles. The molecule has 0 spiro atoms. The van der Waals surface area contributed by atoms with E-state index in [9.17, 15) is 0 Å². The van der Waals surface area contributed by atoms with Gasteiger partial charge in [-0.3, -0.25) is 0 Å². The van der Waals surface area contributed by atoms with Gasteiger partial charge in [-0.1, -0.05) is 65.5 Å². The summed E-state index contributed by atoms with van der Waals surface area (Å²) in [4.78, 5) is 0. The van der Waals surface area contributed by atoms with Crippen LogP contribution in [0.4, 0.5) is 0 Å². The van der Waals surface area contributed by atoms with E-state index in [0.29, 0.717) is 0 Å². The van der Waals surface area contributed by atoms with E-state index in [0.717, 1.165) is 37.3 Å². The van der Waals surface area contributed by atoms with Gasteiger partial charge in [0.25, 0.3) is 0 Å². The molecule has 160 valence electrons. The van der Waals surface area contributed by atoms with Gasteiger partial charge in [0.2, 0.25) is 0 Å². The van der Waals surface area contributed by atoms with E-state index in [1.165, 1.54) is 25.7 Å². The Labute approximate surface area is 201 Å². The molecule has 0 bridgehead atoms. The number of hydrogen-bond donors (Lipinski definition) is 0. The van der Waals surface area contributed by atoms with Gasteiger partial charge in [0.15, 0.2) is 0 Å². The second-order valence-corrected chi connectivity index (χ2v) is 6.31. The van der Waals surface area contributed by atoms with Crippen LogP contribution in [0.3, 0.4) is 0 Å². The van der Waals surface area contributed by atoms with Crippen LogP contribution in [-0.4, -0.2) is 26.2 Å². The first-order valence-electron chi connectivity index (χ1n) is 10.6. The second kappa shape index (κ2) is 29.2. The van der Waals surface area contributed by atoms with E-state index in [2.05, 4.69) is 52.2 Å². The molecule has 0 aliphatic carbocycles. The molecular formula is C26H42N2Zr. The zero-order valence-electron chi connectivity index (χ0n) is 19.2. The van der Waals surface area contributed by atoms with Crippen LogP contribution < -0.4 is 0 Å². The first-order valence-corrected chi connectivity index (χ1v) is 10.6. The number of nitrogens with zero attached hydrogens (tertiary/aromatic N) is 2. The fourth-order valence-electron chi connectivity index (χ4n) is 1.81. The topological polar surface area (TPSA) is 28.2 Å². The molecule has 2 rings (SSSR count). The summed E-state index contributed by atoms with van der Waals surface area (Å²) in [7, 11) is 0. The Bertz CT molecular complexity index is 433. The molecule has 0 saturated carbocycles. The Hall–Kier alpha value is -1.02. The Morgan fingerprint density at radius 3 is 0.897 bits per heavy atom. The summed E-state index contributed by atoms with van der Waals surface area (Å²) in [5.74, 6) is 0. The first kappa shape index (κ1) is 32.6. The van der Waals surface area contributed by atoms with Crippen LogP contribution in [0.25, 0.3) is 10.6 Å². The normalized spacial score (nSPS) is 8.69. The van der Waals surface area contributed by atoms with Crippen LogP contribution >= 0.6 is 0 Å². The number of benzene rings is 2. The van der Waals surface area contributed by atoms with Crippen molar-refractivity contribution in [3.8, 4) is 0 Å². The zero-order valence-corrected chi connectivity index (χ0v) is 21.7. The summed E-state index contributed by atoms with van der Waals surface area (Å²) in [6.45, 7) is 20.2. The fraction of sp³-hybridized carbons (Fsp3) is 0.462. The predicted molar refractivity (Wildman–Crippen MR) is 129 cm³/mol. The average Bonchev–Trinajstić information content (AvgIpc) is 2.72. The molecule has 2 aromatic carbocycles. The summed E-state index contributed by atoms with van der Waals surface area (Å²) in [6, 6.07) is 19.7. The molecule has 0 atom stereocenters. The summed E-state index contributed by atoms with van der Waals surface area (Å²) in [6.07, 6.45) is 4.78. The van der Waals surface area contributed by atoms with Crippen molar-refractivity contribution in [2.45, 2.75) is 53.4 Å². The number of hydrogen-bond acceptors (Lipinski definition) is 0. The van der Waals surface area contributed by atoms with Crippen molar-refractivity contribution in [2.24, 2.45) is 0 Å². The molecule has 0 fully saturated rings. The van der Waals surface area contributed by atoms with Crippen molar-refractivity contribution in [2.75, 3.05) is 26.2 Å². The third-order valence-electron chi connectivity index (χ3n) is 3.21. The maximum Gasteiger partial charge on any atom is 4.00 e. The molecular weight excluding hydrogens is 432 g/mol. The summed E-state index contributed by atoms with van der Waals surface area (Å²) in [5.41, 5.74) is 2.14. The van der Waals surface area contributed by atoms with Crippen molar-refractivity contribution in [3.05, 3.63) is 96.3 Å². The van der Waals surface area contributed by atoms with Crippen molar-refractivity contribution in [1.29, 1.82) is 0 Å². The fourth-order valence-corrected chi connectivity index (χ4v) is 1.81. The monoisotopic (exact) mass is 472 g/mol. The van der Waals surface area contributed by atoms with E-state index in [4.69, 9.17) is 0 Å². The first-order chi connectivity index (χ1) is 13.6. The maximum atomic E-state index is 4.21. The van der Waals surface area contributed by atoms with Crippen LogP contribution in [0.5, 0.6) is 0 Å². The van der Waals surface area contributed by atoms with E-state index in [1.807, 2.05) is 60.7 Å². The molecule has 0 radical (unpaired) electrons. The minimum absolute atomic E-state index is 0. The molecule has 0 aromatic heterocycles. The van der Waals surface area contributed by atoms with Crippen LogP contribution in [0.1, 0.15) is 64.5 Å². The molecule has 0 amide bonds.